The Bertz CT molecular complexity index is 702. The molecule has 1 aromatic heterocycles. The van der Waals surface area contributed by atoms with Gasteiger partial charge in [0.25, 0.3) is 0 Å². The second-order valence-corrected chi connectivity index (χ2v) is 4.85. The van der Waals surface area contributed by atoms with Gasteiger partial charge in [0.15, 0.2) is 5.82 Å². The molecule has 0 N–H and O–H groups in total. The Morgan fingerprint density at radius 1 is 0.950 bits per heavy atom. The minimum absolute atomic E-state index is 0.369. The molecule has 1 heterocycles. The van der Waals surface area contributed by atoms with E-state index in [0.717, 1.165) is 23.5 Å². The molecule has 0 fully saturated rings. The first kappa shape index (κ1) is 12.9. The van der Waals surface area contributed by atoms with E-state index in [0.29, 0.717) is 5.28 Å². The number of aryl methyl sites for hydroxylation is 1. The van der Waals surface area contributed by atoms with Gasteiger partial charge in [-0.05, 0) is 35.7 Å². The number of hydrogen-bond acceptors (Lipinski definition) is 2. The van der Waals surface area contributed by atoms with Crippen molar-refractivity contribution in [2.24, 2.45) is 0 Å². The summed E-state index contributed by atoms with van der Waals surface area (Å²) in [7, 11) is 0. The van der Waals surface area contributed by atoms with Crippen LogP contribution in [-0.2, 0) is 6.42 Å². The summed E-state index contributed by atoms with van der Waals surface area (Å²) in [5.41, 5.74) is 3.25. The molecule has 0 spiro atoms. The van der Waals surface area contributed by atoms with E-state index in [1.807, 2.05) is 47.0 Å². The minimum atomic E-state index is 0.369. The quantitative estimate of drug-likeness (QED) is 0.723. The Morgan fingerprint density at radius 3 is 2.30 bits per heavy atom. The van der Waals surface area contributed by atoms with Crippen molar-refractivity contribution >= 4 is 11.6 Å². The summed E-state index contributed by atoms with van der Waals surface area (Å²) >= 11 is 6.19. The van der Waals surface area contributed by atoms with Gasteiger partial charge in [-0.15, -0.1) is 10.2 Å². The van der Waals surface area contributed by atoms with Gasteiger partial charge in [0.05, 0.1) is 5.69 Å². The zero-order chi connectivity index (χ0) is 13.9. The lowest BCUT2D eigenvalue weighted by atomic mass is 10.1. The lowest BCUT2D eigenvalue weighted by molar-refractivity contribution is 1.05. The molecule has 0 radical (unpaired) electrons. The van der Waals surface area contributed by atoms with E-state index in [1.165, 1.54) is 5.56 Å². The Balaban J connectivity index is 2.11. The van der Waals surface area contributed by atoms with E-state index in [2.05, 4.69) is 29.3 Å². The second-order valence-electron chi connectivity index (χ2n) is 4.51. The number of aromatic nitrogens is 3. The SMILES string of the molecule is CCc1ccc(-n2c(Cl)nnc2-c2ccccc2)cc1. The van der Waals surface area contributed by atoms with E-state index in [1.54, 1.807) is 0 Å². The fourth-order valence-electron chi connectivity index (χ4n) is 2.15. The molecule has 0 bridgehead atoms. The van der Waals surface area contributed by atoms with E-state index >= 15 is 0 Å². The highest BCUT2D eigenvalue weighted by molar-refractivity contribution is 6.28. The molecule has 100 valence electrons. The molecule has 0 aliphatic rings. The van der Waals surface area contributed by atoms with Crippen molar-refractivity contribution in [2.45, 2.75) is 13.3 Å². The number of nitrogens with zero attached hydrogens (tertiary/aromatic N) is 3. The summed E-state index contributed by atoms with van der Waals surface area (Å²) in [5, 5.41) is 8.54. The van der Waals surface area contributed by atoms with E-state index in [4.69, 9.17) is 11.6 Å². The Labute approximate surface area is 122 Å². The Kier molecular flexibility index (Phi) is 3.52. The molecule has 0 amide bonds. The first-order valence-electron chi connectivity index (χ1n) is 6.55. The van der Waals surface area contributed by atoms with E-state index in [-0.39, 0.29) is 0 Å². The van der Waals surface area contributed by atoms with E-state index < -0.39 is 0 Å². The molecule has 0 aliphatic heterocycles. The monoisotopic (exact) mass is 283 g/mol. The maximum Gasteiger partial charge on any atom is 0.229 e. The van der Waals surface area contributed by atoms with Crippen LogP contribution in [-0.4, -0.2) is 14.8 Å². The molecule has 2 aromatic carbocycles. The zero-order valence-electron chi connectivity index (χ0n) is 11.1. The maximum absolute atomic E-state index is 6.19. The van der Waals surface area contributed by atoms with Crippen LogP contribution in [0.5, 0.6) is 0 Å². The molecule has 3 aromatic rings. The fraction of sp³-hybridized carbons (Fsp3) is 0.125. The summed E-state index contributed by atoms with van der Waals surface area (Å²) in [6, 6.07) is 18.2. The van der Waals surface area contributed by atoms with Crippen LogP contribution in [0.15, 0.2) is 54.6 Å². The molecule has 3 rings (SSSR count). The van der Waals surface area contributed by atoms with Crippen LogP contribution in [0, 0.1) is 0 Å². The summed E-state index contributed by atoms with van der Waals surface area (Å²) in [4.78, 5) is 0. The lowest BCUT2D eigenvalue weighted by Gasteiger charge is -2.08. The van der Waals surface area contributed by atoms with Gasteiger partial charge in [0, 0.05) is 5.56 Å². The highest BCUT2D eigenvalue weighted by Crippen LogP contribution is 2.25. The average molecular weight is 284 g/mol. The van der Waals surface area contributed by atoms with Gasteiger partial charge in [-0.2, -0.15) is 0 Å². The van der Waals surface area contributed by atoms with Gasteiger partial charge in [-0.25, -0.2) is 0 Å². The number of rotatable bonds is 3. The molecule has 3 nitrogen and oxygen atoms in total. The van der Waals surface area contributed by atoms with Crippen molar-refractivity contribution in [2.75, 3.05) is 0 Å². The fourth-order valence-corrected chi connectivity index (χ4v) is 2.36. The first-order chi connectivity index (χ1) is 9.79. The third-order valence-corrected chi connectivity index (χ3v) is 3.50. The molecule has 0 saturated heterocycles. The summed E-state index contributed by atoms with van der Waals surface area (Å²) in [5.74, 6) is 0.750. The van der Waals surface area contributed by atoms with Crippen LogP contribution in [0.4, 0.5) is 0 Å². The van der Waals surface area contributed by atoms with Gasteiger partial charge in [-0.1, -0.05) is 49.4 Å². The highest BCUT2D eigenvalue weighted by Gasteiger charge is 2.13. The summed E-state index contributed by atoms with van der Waals surface area (Å²) < 4.78 is 1.86. The molecule has 4 heteroatoms. The third-order valence-electron chi connectivity index (χ3n) is 3.26. The maximum atomic E-state index is 6.19. The third kappa shape index (κ3) is 2.32. The number of benzene rings is 2. The smallest absolute Gasteiger partial charge is 0.229 e. The summed E-state index contributed by atoms with van der Waals surface area (Å²) in [6.45, 7) is 2.14. The van der Waals surface area contributed by atoms with Crippen LogP contribution in [0.2, 0.25) is 5.28 Å². The molecule has 0 unspecified atom stereocenters. The molecule has 20 heavy (non-hydrogen) atoms. The molecule has 0 atom stereocenters. The van der Waals surface area contributed by atoms with Crippen molar-refractivity contribution in [3.05, 3.63) is 65.4 Å². The number of halogens is 1. The average Bonchev–Trinajstić information content (AvgIpc) is 2.90. The number of hydrogen-bond donors (Lipinski definition) is 0. The molecule has 0 saturated carbocycles. The van der Waals surface area contributed by atoms with Crippen LogP contribution in [0.1, 0.15) is 12.5 Å². The van der Waals surface area contributed by atoms with Crippen molar-refractivity contribution in [1.82, 2.24) is 14.8 Å². The van der Waals surface area contributed by atoms with Crippen LogP contribution in [0.25, 0.3) is 17.1 Å². The van der Waals surface area contributed by atoms with Gasteiger partial charge in [-0.3, -0.25) is 4.57 Å². The standard InChI is InChI=1S/C16H14ClN3/c1-2-12-8-10-14(11-9-12)20-15(18-19-16(20)17)13-6-4-3-5-7-13/h3-11H,2H2,1H3. The predicted octanol–water partition coefficient (Wildman–Crippen LogP) is 4.15. The van der Waals surface area contributed by atoms with Crippen LogP contribution >= 0.6 is 11.6 Å². The Hall–Kier alpha value is -2.13. The Morgan fingerprint density at radius 2 is 1.65 bits per heavy atom. The van der Waals surface area contributed by atoms with Gasteiger partial charge in [0.2, 0.25) is 5.28 Å². The van der Waals surface area contributed by atoms with Crippen molar-refractivity contribution < 1.29 is 0 Å². The second kappa shape index (κ2) is 5.47. The van der Waals surface area contributed by atoms with Gasteiger partial charge >= 0.3 is 0 Å². The normalized spacial score (nSPS) is 10.7. The van der Waals surface area contributed by atoms with Crippen LogP contribution in [0.3, 0.4) is 0 Å². The lowest BCUT2D eigenvalue weighted by Crippen LogP contribution is -1.98. The van der Waals surface area contributed by atoms with Crippen molar-refractivity contribution in [3.63, 3.8) is 0 Å². The van der Waals surface area contributed by atoms with Crippen LogP contribution < -0.4 is 0 Å². The topological polar surface area (TPSA) is 30.7 Å². The molecular formula is C16H14ClN3. The predicted molar refractivity (Wildman–Crippen MR) is 81.2 cm³/mol. The van der Waals surface area contributed by atoms with Crippen molar-refractivity contribution in [1.29, 1.82) is 0 Å². The first-order valence-corrected chi connectivity index (χ1v) is 6.93. The van der Waals surface area contributed by atoms with Gasteiger partial charge < -0.3 is 0 Å². The molecular weight excluding hydrogens is 270 g/mol. The highest BCUT2D eigenvalue weighted by atomic mass is 35.5. The minimum Gasteiger partial charge on any atom is -0.266 e. The summed E-state index contributed by atoms with van der Waals surface area (Å²) in [6.07, 6.45) is 1.02. The molecule has 0 aliphatic carbocycles. The largest absolute Gasteiger partial charge is 0.266 e. The van der Waals surface area contributed by atoms with E-state index in [9.17, 15) is 0 Å². The zero-order valence-corrected chi connectivity index (χ0v) is 11.9. The van der Waals surface area contributed by atoms with Crippen molar-refractivity contribution in [3.8, 4) is 17.1 Å². The van der Waals surface area contributed by atoms with Gasteiger partial charge in [0.1, 0.15) is 0 Å².